The zero-order valence-electron chi connectivity index (χ0n) is 22.5. The topological polar surface area (TPSA) is 34.1 Å². The molecule has 4 atom stereocenters. The highest BCUT2D eigenvalue weighted by atomic mass is 16.1. The van der Waals surface area contributed by atoms with Crippen molar-refractivity contribution in [2.75, 3.05) is 0 Å². The van der Waals surface area contributed by atoms with Crippen molar-refractivity contribution in [3.63, 3.8) is 0 Å². The van der Waals surface area contributed by atoms with Gasteiger partial charge >= 0.3 is 0 Å². The van der Waals surface area contributed by atoms with Crippen LogP contribution in [0.4, 0.5) is 0 Å². The molecule has 32 heavy (non-hydrogen) atoms. The van der Waals surface area contributed by atoms with E-state index in [4.69, 9.17) is 0 Å². The first-order valence-corrected chi connectivity index (χ1v) is 13.0. The molecule has 0 N–H and O–H groups in total. The Bertz CT molecular complexity index is 763. The third kappa shape index (κ3) is 3.59. The Morgan fingerprint density at radius 3 is 1.19 bits per heavy atom. The first-order valence-electron chi connectivity index (χ1n) is 13.0. The van der Waals surface area contributed by atoms with Gasteiger partial charge in [-0.05, 0) is 72.0 Å². The quantitative estimate of drug-likeness (QED) is 0.322. The van der Waals surface area contributed by atoms with E-state index in [2.05, 4.69) is 69.2 Å². The van der Waals surface area contributed by atoms with Crippen molar-refractivity contribution in [2.45, 2.75) is 108 Å². The highest BCUT2D eigenvalue weighted by Gasteiger charge is 2.53. The zero-order chi connectivity index (χ0) is 24.3. The highest BCUT2D eigenvalue weighted by Crippen LogP contribution is 2.63. The first kappa shape index (κ1) is 25.4. The number of carbonyl (C=O) groups is 2. The average Bonchev–Trinajstić information content (AvgIpc) is 2.99. The van der Waals surface area contributed by atoms with E-state index in [0.717, 1.165) is 12.8 Å². The summed E-state index contributed by atoms with van der Waals surface area (Å²) in [6.07, 6.45) is 9.29. The first-order chi connectivity index (χ1) is 14.7. The van der Waals surface area contributed by atoms with Gasteiger partial charge in [-0.3, -0.25) is 0 Å². The summed E-state index contributed by atoms with van der Waals surface area (Å²) in [6, 6.07) is 0. The molecule has 0 aromatic carbocycles. The van der Waals surface area contributed by atoms with E-state index in [1.807, 2.05) is 0 Å². The maximum Gasteiger partial charge on any atom is 0.127 e. The number of carbonyl (C=O) groups excluding carboxylic acids is 2. The summed E-state index contributed by atoms with van der Waals surface area (Å²) >= 11 is 0. The second kappa shape index (κ2) is 8.24. The molecule has 0 saturated heterocycles. The van der Waals surface area contributed by atoms with Crippen molar-refractivity contribution in [1.82, 2.24) is 0 Å². The number of aldehydes is 2. The minimum absolute atomic E-state index is 0.197. The fourth-order valence-electron chi connectivity index (χ4n) is 8.14. The summed E-state index contributed by atoms with van der Waals surface area (Å²) in [5, 5.41) is 0. The molecule has 4 aliphatic carbocycles. The Morgan fingerprint density at radius 1 is 0.594 bits per heavy atom. The maximum atomic E-state index is 11.3. The summed E-state index contributed by atoms with van der Waals surface area (Å²) in [5.41, 5.74) is 7.09. The van der Waals surface area contributed by atoms with Crippen molar-refractivity contribution in [2.24, 2.45) is 45.3 Å². The smallest absolute Gasteiger partial charge is 0.127 e. The Kier molecular flexibility index (Phi) is 6.55. The summed E-state index contributed by atoms with van der Waals surface area (Å²) < 4.78 is 0. The molecular formula is C30H48O2. The van der Waals surface area contributed by atoms with Gasteiger partial charge in [0.25, 0.3) is 0 Å². The van der Waals surface area contributed by atoms with Gasteiger partial charge in [-0.15, -0.1) is 0 Å². The lowest BCUT2D eigenvalue weighted by Crippen LogP contribution is -2.29. The van der Waals surface area contributed by atoms with Gasteiger partial charge in [0.05, 0.1) is 0 Å². The lowest BCUT2D eigenvalue weighted by Gasteiger charge is -2.35. The van der Waals surface area contributed by atoms with Crippen LogP contribution in [0.25, 0.3) is 0 Å². The molecule has 0 aliphatic heterocycles. The Balaban J connectivity index is 0.000000181. The Labute approximate surface area is 197 Å². The molecule has 0 aromatic rings. The minimum atomic E-state index is 0.197. The second-order valence-electron chi connectivity index (χ2n) is 13.4. The van der Waals surface area contributed by atoms with Crippen molar-refractivity contribution in [3.8, 4) is 0 Å². The van der Waals surface area contributed by atoms with Crippen LogP contribution in [0.15, 0.2) is 22.3 Å². The van der Waals surface area contributed by atoms with E-state index in [-0.39, 0.29) is 33.5 Å². The second-order valence-corrected chi connectivity index (χ2v) is 13.4. The van der Waals surface area contributed by atoms with E-state index in [0.29, 0.717) is 11.8 Å². The van der Waals surface area contributed by atoms with Gasteiger partial charge in [-0.1, -0.05) is 91.5 Å². The van der Waals surface area contributed by atoms with Crippen molar-refractivity contribution in [1.29, 1.82) is 0 Å². The Morgan fingerprint density at radius 2 is 0.906 bits per heavy atom. The van der Waals surface area contributed by atoms with Gasteiger partial charge in [0, 0.05) is 11.8 Å². The van der Waals surface area contributed by atoms with Crippen LogP contribution in [0, 0.1) is 45.3 Å². The van der Waals surface area contributed by atoms with E-state index in [9.17, 15) is 9.59 Å². The van der Waals surface area contributed by atoms with Crippen molar-refractivity contribution < 1.29 is 9.59 Å². The molecule has 4 rings (SSSR count). The molecule has 0 radical (unpaired) electrons. The van der Waals surface area contributed by atoms with E-state index in [1.165, 1.54) is 49.4 Å². The third-order valence-corrected chi connectivity index (χ3v) is 10.9. The van der Waals surface area contributed by atoms with Gasteiger partial charge < -0.3 is 9.59 Å². The maximum absolute atomic E-state index is 11.3. The average molecular weight is 441 g/mol. The predicted molar refractivity (Wildman–Crippen MR) is 134 cm³/mol. The van der Waals surface area contributed by atoms with Crippen LogP contribution in [-0.2, 0) is 9.59 Å². The number of hydrogen-bond donors (Lipinski definition) is 0. The largest absolute Gasteiger partial charge is 0.303 e. The van der Waals surface area contributed by atoms with Crippen LogP contribution >= 0.6 is 0 Å². The van der Waals surface area contributed by atoms with Crippen LogP contribution in [0.3, 0.4) is 0 Å². The number of allylic oxidation sites excluding steroid dienone is 4. The molecule has 0 aromatic heterocycles. The van der Waals surface area contributed by atoms with Crippen LogP contribution in [-0.4, -0.2) is 12.6 Å². The van der Waals surface area contributed by atoms with Gasteiger partial charge in [0.15, 0.2) is 0 Å². The summed E-state index contributed by atoms with van der Waals surface area (Å²) in [6.45, 7) is 23.4. The minimum Gasteiger partial charge on any atom is -0.303 e. The van der Waals surface area contributed by atoms with E-state index in [1.54, 1.807) is 11.1 Å². The summed E-state index contributed by atoms with van der Waals surface area (Å²) in [4.78, 5) is 22.5. The van der Waals surface area contributed by atoms with E-state index < -0.39 is 0 Å². The molecule has 2 nitrogen and oxygen atoms in total. The normalized spacial score (nSPS) is 36.1. The molecule has 4 aliphatic rings. The predicted octanol–water partition coefficient (Wildman–Crippen LogP) is 7.97. The molecular weight excluding hydrogens is 392 g/mol. The summed E-state index contributed by atoms with van der Waals surface area (Å²) in [5.74, 6) is 1.65. The van der Waals surface area contributed by atoms with E-state index >= 15 is 0 Å². The molecule has 0 fully saturated rings. The lowest BCUT2D eigenvalue weighted by molar-refractivity contribution is -0.111. The lowest BCUT2D eigenvalue weighted by atomic mass is 9.69. The molecule has 0 spiro atoms. The van der Waals surface area contributed by atoms with Crippen molar-refractivity contribution >= 4 is 12.6 Å². The fourth-order valence-corrected chi connectivity index (χ4v) is 8.14. The zero-order valence-corrected chi connectivity index (χ0v) is 22.5. The standard InChI is InChI=1S/2C15H24O/c2*1-10-14(2,3)12-8-6-7-11(9-16)13(12)15(10,4)5/h2*9-11H,6-8H2,1-5H3/t10-,11+;10-,11-/m10/s1. The van der Waals surface area contributed by atoms with Gasteiger partial charge in [-0.25, -0.2) is 0 Å². The number of hydrogen-bond acceptors (Lipinski definition) is 2. The number of rotatable bonds is 2. The summed E-state index contributed by atoms with van der Waals surface area (Å²) in [7, 11) is 0. The van der Waals surface area contributed by atoms with Crippen LogP contribution < -0.4 is 0 Å². The van der Waals surface area contributed by atoms with Gasteiger partial charge in [-0.2, -0.15) is 0 Å². The molecule has 0 amide bonds. The Hall–Kier alpha value is -1.18. The monoisotopic (exact) mass is 440 g/mol. The molecule has 2 heteroatoms. The molecule has 180 valence electrons. The molecule has 0 saturated carbocycles. The van der Waals surface area contributed by atoms with Crippen molar-refractivity contribution in [3.05, 3.63) is 22.3 Å². The van der Waals surface area contributed by atoms with Crippen LogP contribution in [0.2, 0.25) is 0 Å². The van der Waals surface area contributed by atoms with Crippen LogP contribution in [0.1, 0.15) is 108 Å². The van der Waals surface area contributed by atoms with Gasteiger partial charge in [0.1, 0.15) is 12.6 Å². The molecule has 0 heterocycles. The third-order valence-electron chi connectivity index (χ3n) is 10.9. The SMILES string of the molecule is C[C@@H]1C(C)(C)C2=C([C@H](C=O)CCC2)C1(C)C.C[C@H]1C(C)(C)C2=C([C@H](C=O)CCC2)C1(C)C. The highest BCUT2D eigenvalue weighted by molar-refractivity contribution is 5.63. The molecule has 0 bridgehead atoms. The fraction of sp³-hybridized carbons (Fsp3) is 0.800. The molecule has 0 unspecified atom stereocenters. The van der Waals surface area contributed by atoms with Crippen LogP contribution in [0.5, 0.6) is 0 Å². The van der Waals surface area contributed by atoms with Gasteiger partial charge in [0.2, 0.25) is 0 Å².